The topological polar surface area (TPSA) is 81.4 Å². The molecule has 1 fully saturated rings. The third kappa shape index (κ3) is 3.00. The van der Waals surface area contributed by atoms with E-state index in [1.54, 1.807) is 25.3 Å². The van der Waals surface area contributed by atoms with Crippen LogP contribution in [0.5, 0.6) is 0 Å². The molecule has 1 saturated heterocycles. The summed E-state index contributed by atoms with van der Waals surface area (Å²) in [6, 6.07) is 0. The third-order valence-corrected chi connectivity index (χ3v) is 4.43. The van der Waals surface area contributed by atoms with Crippen LogP contribution in [0.2, 0.25) is 0 Å². The van der Waals surface area contributed by atoms with Gasteiger partial charge in [-0.2, -0.15) is 4.98 Å². The van der Waals surface area contributed by atoms with Crippen LogP contribution in [-0.4, -0.2) is 33.3 Å². The summed E-state index contributed by atoms with van der Waals surface area (Å²) in [6.45, 7) is 8.34. The number of carboxylic acids is 1. The summed E-state index contributed by atoms with van der Waals surface area (Å²) in [4.78, 5) is 27.4. The standard InChI is InChI=1S/C15H22N2O4/c1-8(14(18)19)13-9(2)16-15(20)17(10(13)3)7-12-5-6-21-11(12)4/h8,11-12H,5-7H2,1-4H3,(H,18,19). The zero-order valence-electron chi connectivity index (χ0n) is 12.9. The molecule has 0 aliphatic carbocycles. The lowest BCUT2D eigenvalue weighted by atomic mass is 9.97. The molecule has 0 bridgehead atoms. The molecule has 1 aromatic heterocycles. The van der Waals surface area contributed by atoms with Crippen molar-refractivity contribution in [2.75, 3.05) is 6.61 Å². The van der Waals surface area contributed by atoms with E-state index in [-0.39, 0.29) is 17.7 Å². The molecule has 1 aliphatic rings. The van der Waals surface area contributed by atoms with Crippen LogP contribution in [-0.2, 0) is 16.1 Å². The van der Waals surface area contributed by atoms with Crippen molar-refractivity contribution >= 4 is 5.97 Å². The van der Waals surface area contributed by atoms with Gasteiger partial charge in [-0.1, -0.05) is 0 Å². The summed E-state index contributed by atoms with van der Waals surface area (Å²) < 4.78 is 7.12. The van der Waals surface area contributed by atoms with E-state index >= 15 is 0 Å². The van der Waals surface area contributed by atoms with Gasteiger partial charge in [-0.15, -0.1) is 0 Å². The van der Waals surface area contributed by atoms with Crippen LogP contribution >= 0.6 is 0 Å². The van der Waals surface area contributed by atoms with Gasteiger partial charge < -0.3 is 9.84 Å². The first-order valence-corrected chi connectivity index (χ1v) is 7.25. The quantitative estimate of drug-likeness (QED) is 0.909. The van der Waals surface area contributed by atoms with Crippen molar-refractivity contribution in [2.24, 2.45) is 5.92 Å². The van der Waals surface area contributed by atoms with Gasteiger partial charge in [-0.05, 0) is 34.1 Å². The number of hydrogen-bond donors (Lipinski definition) is 1. The fraction of sp³-hybridized carbons (Fsp3) is 0.667. The SMILES string of the molecule is Cc1nc(=O)n(CC2CCOC2C)c(C)c1C(C)C(=O)O. The van der Waals surface area contributed by atoms with Gasteiger partial charge in [0, 0.05) is 36.0 Å². The monoisotopic (exact) mass is 294 g/mol. The maximum absolute atomic E-state index is 12.2. The van der Waals surface area contributed by atoms with Gasteiger partial charge in [-0.25, -0.2) is 4.79 Å². The Balaban J connectivity index is 2.44. The number of carboxylic acid groups (broad SMARTS) is 1. The number of nitrogens with zero attached hydrogens (tertiary/aromatic N) is 2. The molecule has 3 unspecified atom stereocenters. The smallest absolute Gasteiger partial charge is 0.347 e. The van der Waals surface area contributed by atoms with E-state index in [1.165, 1.54) is 0 Å². The maximum atomic E-state index is 12.2. The number of rotatable bonds is 4. The molecule has 1 aromatic rings. The Morgan fingerprint density at radius 2 is 2.19 bits per heavy atom. The van der Waals surface area contributed by atoms with Crippen LogP contribution in [0.3, 0.4) is 0 Å². The van der Waals surface area contributed by atoms with Crippen LogP contribution in [0.1, 0.15) is 43.1 Å². The molecule has 0 saturated carbocycles. The highest BCUT2D eigenvalue weighted by Gasteiger charge is 2.27. The molecule has 6 heteroatoms. The number of aryl methyl sites for hydroxylation is 1. The Morgan fingerprint density at radius 3 is 2.71 bits per heavy atom. The molecular weight excluding hydrogens is 272 g/mol. The Bertz CT molecular complexity index is 608. The molecular formula is C15H22N2O4. The molecule has 0 spiro atoms. The molecule has 21 heavy (non-hydrogen) atoms. The minimum atomic E-state index is -0.911. The maximum Gasteiger partial charge on any atom is 0.347 e. The highest BCUT2D eigenvalue weighted by Crippen LogP contribution is 2.25. The summed E-state index contributed by atoms with van der Waals surface area (Å²) >= 11 is 0. The van der Waals surface area contributed by atoms with E-state index in [4.69, 9.17) is 4.74 Å². The lowest BCUT2D eigenvalue weighted by molar-refractivity contribution is -0.138. The second-order valence-corrected chi connectivity index (χ2v) is 5.77. The van der Waals surface area contributed by atoms with E-state index in [1.807, 2.05) is 6.92 Å². The Morgan fingerprint density at radius 1 is 1.52 bits per heavy atom. The number of aliphatic carboxylic acids is 1. The minimum Gasteiger partial charge on any atom is -0.481 e. The first-order chi connectivity index (χ1) is 9.82. The summed E-state index contributed by atoms with van der Waals surface area (Å²) in [5, 5.41) is 9.24. The molecule has 0 aromatic carbocycles. The molecule has 3 atom stereocenters. The van der Waals surface area contributed by atoms with E-state index < -0.39 is 11.9 Å². The summed E-state index contributed by atoms with van der Waals surface area (Å²) in [6.07, 6.45) is 1.02. The summed E-state index contributed by atoms with van der Waals surface area (Å²) in [7, 11) is 0. The van der Waals surface area contributed by atoms with Gasteiger partial charge in [0.2, 0.25) is 0 Å². The van der Waals surface area contributed by atoms with Crippen LogP contribution < -0.4 is 5.69 Å². The zero-order chi connectivity index (χ0) is 15.7. The second kappa shape index (κ2) is 5.97. The first kappa shape index (κ1) is 15.7. The average molecular weight is 294 g/mol. The van der Waals surface area contributed by atoms with Crippen LogP contribution in [0.25, 0.3) is 0 Å². The number of ether oxygens (including phenoxy) is 1. The predicted octanol–water partition coefficient (Wildman–Crippen LogP) is 1.47. The first-order valence-electron chi connectivity index (χ1n) is 7.25. The lowest BCUT2D eigenvalue weighted by Gasteiger charge is -2.21. The summed E-state index contributed by atoms with van der Waals surface area (Å²) in [5.74, 6) is -1.33. The van der Waals surface area contributed by atoms with Crippen molar-refractivity contribution in [2.45, 2.75) is 52.7 Å². The van der Waals surface area contributed by atoms with Crippen molar-refractivity contribution in [1.82, 2.24) is 9.55 Å². The molecule has 0 amide bonds. The van der Waals surface area contributed by atoms with Crippen molar-refractivity contribution in [3.05, 3.63) is 27.4 Å². The Labute approximate surface area is 123 Å². The average Bonchev–Trinajstić information content (AvgIpc) is 2.79. The molecule has 116 valence electrons. The van der Waals surface area contributed by atoms with Gasteiger partial charge in [-0.3, -0.25) is 9.36 Å². The second-order valence-electron chi connectivity index (χ2n) is 5.77. The number of aromatic nitrogens is 2. The van der Waals surface area contributed by atoms with Gasteiger partial charge >= 0.3 is 11.7 Å². The highest BCUT2D eigenvalue weighted by atomic mass is 16.5. The van der Waals surface area contributed by atoms with Gasteiger partial charge in [0.1, 0.15) is 0 Å². The van der Waals surface area contributed by atoms with Crippen molar-refractivity contribution < 1.29 is 14.6 Å². The largest absolute Gasteiger partial charge is 0.481 e. The molecule has 1 aliphatic heterocycles. The van der Waals surface area contributed by atoms with E-state index in [2.05, 4.69) is 4.98 Å². The third-order valence-electron chi connectivity index (χ3n) is 4.43. The molecule has 0 radical (unpaired) electrons. The minimum absolute atomic E-state index is 0.109. The van der Waals surface area contributed by atoms with E-state index in [9.17, 15) is 14.7 Å². The van der Waals surface area contributed by atoms with Crippen molar-refractivity contribution in [1.29, 1.82) is 0 Å². The van der Waals surface area contributed by atoms with Crippen LogP contribution in [0.15, 0.2) is 4.79 Å². The zero-order valence-corrected chi connectivity index (χ0v) is 12.9. The molecule has 1 N–H and O–H groups in total. The number of hydrogen-bond acceptors (Lipinski definition) is 4. The van der Waals surface area contributed by atoms with Gasteiger partial charge in [0.15, 0.2) is 0 Å². The lowest BCUT2D eigenvalue weighted by Crippen LogP contribution is -2.33. The van der Waals surface area contributed by atoms with E-state index in [0.29, 0.717) is 30.1 Å². The fourth-order valence-electron chi connectivity index (χ4n) is 3.03. The van der Waals surface area contributed by atoms with E-state index in [0.717, 1.165) is 6.42 Å². The normalized spacial score (nSPS) is 23.2. The number of carbonyl (C=O) groups is 1. The fourth-order valence-corrected chi connectivity index (χ4v) is 3.03. The molecule has 6 nitrogen and oxygen atoms in total. The van der Waals surface area contributed by atoms with Crippen molar-refractivity contribution in [3.8, 4) is 0 Å². The highest BCUT2D eigenvalue weighted by molar-refractivity contribution is 5.76. The van der Waals surface area contributed by atoms with Gasteiger partial charge in [0.25, 0.3) is 0 Å². The molecule has 2 rings (SSSR count). The van der Waals surface area contributed by atoms with Gasteiger partial charge in [0.05, 0.1) is 12.0 Å². The Hall–Kier alpha value is -1.69. The van der Waals surface area contributed by atoms with Crippen molar-refractivity contribution in [3.63, 3.8) is 0 Å². The Kier molecular flexibility index (Phi) is 4.46. The van der Waals surface area contributed by atoms with Crippen LogP contribution in [0.4, 0.5) is 0 Å². The predicted molar refractivity (Wildman–Crippen MR) is 77.5 cm³/mol. The van der Waals surface area contributed by atoms with Crippen LogP contribution in [0, 0.1) is 19.8 Å². The molecule has 2 heterocycles. The summed E-state index contributed by atoms with van der Waals surface area (Å²) in [5.41, 5.74) is 1.51.